The van der Waals surface area contributed by atoms with Crippen molar-refractivity contribution in [2.75, 3.05) is 18.8 Å². The lowest BCUT2D eigenvalue weighted by atomic mass is 10.1. The highest BCUT2D eigenvalue weighted by atomic mass is 16.3. The van der Waals surface area contributed by atoms with Gasteiger partial charge in [-0.25, -0.2) is 0 Å². The van der Waals surface area contributed by atoms with E-state index < -0.39 is 0 Å². The molecule has 1 fully saturated rings. The Morgan fingerprint density at radius 1 is 1.53 bits per heavy atom. The Morgan fingerprint density at radius 2 is 2.20 bits per heavy atom. The highest BCUT2D eigenvalue weighted by Gasteiger charge is 2.22. The third-order valence-corrected chi connectivity index (χ3v) is 2.69. The number of hydrogen-bond acceptors (Lipinski definition) is 3. The van der Waals surface area contributed by atoms with E-state index in [0.717, 1.165) is 0 Å². The molecule has 5 heteroatoms. The Kier molecular flexibility index (Phi) is 2.64. The second-order valence-corrected chi connectivity index (χ2v) is 3.87. The van der Waals surface area contributed by atoms with E-state index in [1.54, 1.807) is 17.2 Å². The van der Waals surface area contributed by atoms with Gasteiger partial charge in [-0.1, -0.05) is 0 Å². The Balaban J connectivity index is 2.02. The maximum Gasteiger partial charge on any atom is 0.270 e. The lowest BCUT2D eigenvalue weighted by Gasteiger charge is -2.29. The van der Waals surface area contributed by atoms with Crippen LogP contribution in [0.25, 0.3) is 0 Å². The molecule has 0 bridgehead atoms. The minimum absolute atomic E-state index is 0.0430. The summed E-state index contributed by atoms with van der Waals surface area (Å²) in [4.78, 5) is 16.4. The van der Waals surface area contributed by atoms with Crippen molar-refractivity contribution in [2.24, 2.45) is 0 Å². The first-order valence-corrected chi connectivity index (χ1v) is 5.08. The van der Waals surface area contributed by atoms with Gasteiger partial charge in [-0.15, -0.1) is 0 Å². The summed E-state index contributed by atoms with van der Waals surface area (Å²) in [7, 11) is 0. The topological polar surface area (TPSA) is 82.4 Å². The first kappa shape index (κ1) is 10.0. The Hall–Kier alpha value is -1.49. The number of piperidine rings is 1. The smallest absolute Gasteiger partial charge is 0.270 e. The van der Waals surface area contributed by atoms with E-state index in [4.69, 9.17) is 5.73 Å². The summed E-state index contributed by atoms with van der Waals surface area (Å²) < 4.78 is 0. The van der Waals surface area contributed by atoms with Crippen molar-refractivity contribution in [2.45, 2.75) is 18.9 Å². The molecule has 0 spiro atoms. The van der Waals surface area contributed by atoms with Crippen LogP contribution in [0.2, 0.25) is 0 Å². The van der Waals surface area contributed by atoms with Gasteiger partial charge in [-0.2, -0.15) is 0 Å². The molecule has 1 saturated heterocycles. The summed E-state index contributed by atoms with van der Waals surface area (Å²) in [6.45, 7) is 1.22. The van der Waals surface area contributed by atoms with E-state index >= 15 is 0 Å². The summed E-state index contributed by atoms with van der Waals surface area (Å²) in [5, 5.41) is 9.32. The second kappa shape index (κ2) is 3.94. The molecule has 4 N–H and O–H groups in total. The molecule has 0 saturated carbocycles. The van der Waals surface area contributed by atoms with Crippen LogP contribution in [0.1, 0.15) is 23.3 Å². The Bertz CT molecular complexity index is 353. The van der Waals surface area contributed by atoms with Crippen LogP contribution < -0.4 is 5.73 Å². The molecule has 0 unspecified atom stereocenters. The number of amides is 1. The number of nitrogens with zero attached hydrogens (tertiary/aromatic N) is 1. The van der Waals surface area contributed by atoms with Gasteiger partial charge in [0.1, 0.15) is 5.69 Å². The van der Waals surface area contributed by atoms with Crippen molar-refractivity contribution >= 4 is 11.6 Å². The first-order valence-electron chi connectivity index (χ1n) is 5.08. The van der Waals surface area contributed by atoms with Crippen LogP contribution in [-0.4, -0.2) is 40.1 Å². The molecular formula is C10H15N3O2. The zero-order chi connectivity index (χ0) is 10.8. The molecule has 0 aliphatic carbocycles. The number of aromatic amines is 1. The fourth-order valence-corrected chi connectivity index (χ4v) is 1.77. The maximum atomic E-state index is 11.9. The number of nitrogens with two attached hydrogens (primary N) is 1. The predicted octanol–water partition coefficient (Wildman–Crippen LogP) is 0.194. The van der Waals surface area contributed by atoms with Gasteiger partial charge in [0, 0.05) is 25.0 Å². The SMILES string of the molecule is Nc1c[nH]c(C(=O)N2CCC(O)CC2)c1. The zero-order valence-corrected chi connectivity index (χ0v) is 8.44. The van der Waals surface area contributed by atoms with Crippen LogP contribution in [0.5, 0.6) is 0 Å². The van der Waals surface area contributed by atoms with Crippen molar-refractivity contribution < 1.29 is 9.90 Å². The Labute approximate surface area is 87.9 Å². The molecule has 2 rings (SSSR count). The third kappa shape index (κ3) is 2.12. The highest BCUT2D eigenvalue weighted by Crippen LogP contribution is 2.14. The van der Waals surface area contributed by atoms with Gasteiger partial charge in [-0.05, 0) is 18.9 Å². The van der Waals surface area contributed by atoms with E-state index in [1.165, 1.54) is 0 Å². The number of aliphatic hydroxyl groups is 1. The van der Waals surface area contributed by atoms with E-state index in [0.29, 0.717) is 37.3 Å². The minimum Gasteiger partial charge on any atom is -0.397 e. The number of aliphatic hydroxyl groups excluding tert-OH is 1. The highest BCUT2D eigenvalue weighted by molar-refractivity contribution is 5.93. The molecule has 0 atom stereocenters. The molecule has 82 valence electrons. The second-order valence-electron chi connectivity index (χ2n) is 3.87. The van der Waals surface area contributed by atoms with Crippen molar-refractivity contribution in [1.29, 1.82) is 0 Å². The first-order chi connectivity index (χ1) is 7.16. The number of nitrogens with one attached hydrogen (secondary N) is 1. The molecule has 15 heavy (non-hydrogen) atoms. The number of rotatable bonds is 1. The summed E-state index contributed by atoms with van der Waals surface area (Å²) >= 11 is 0. The van der Waals surface area contributed by atoms with Gasteiger partial charge in [-0.3, -0.25) is 4.79 Å². The average molecular weight is 209 g/mol. The minimum atomic E-state index is -0.261. The fourth-order valence-electron chi connectivity index (χ4n) is 1.77. The van der Waals surface area contributed by atoms with Crippen LogP contribution in [-0.2, 0) is 0 Å². The summed E-state index contributed by atoms with van der Waals surface area (Å²) in [6.07, 6.45) is 2.65. The number of hydrogen-bond donors (Lipinski definition) is 3. The van der Waals surface area contributed by atoms with Gasteiger partial charge >= 0.3 is 0 Å². The number of carbonyl (C=O) groups excluding carboxylic acids is 1. The van der Waals surface area contributed by atoms with Gasteiger partial charge in [0.05, 0.1) is 6.10 Å². The molecular weight excluding hydrogens is 194 g/mol. The molecule has 1 aromatic rings. The molecule has 2 heterocycles. The quantitative estimate of drug-likeness (QED) is 0.617. The fraction of sp³-hybridized carbons (Fsp3) is 0.500. The number of anilines is 1. The average Bonchev–Trinajstić information content (AvgIpc) is 2.65. The van der Waals surface area contributed by atoms with Crippen LogP contribution in [0.15, 0.2) is 12.3 Å². The van der Waals surface area contributed by atoms with Crippen molar-refractivity contribution in [3.63, 3.8) is 0 Å². The monoisotopic (exact) mass is 209 g/mol. The van der Waals surface area contributed by atoms with E-state index in [2.05, 4.69) is 4.98 Å². The Morgan fingerprint density at radius 3 is 2.73 bits per heavy atom. The van der Waals surface area contributed by atoms with Gasteiger partial charge in [0.15, 0.2) is 0 Å². The zero-order valence-electron chi connectivity index (χ0n) is 8.44. The van der Waals surface area contributed by atoms with Gasteiger partial charge < -0.3 is 20.7 Å². The number of likely N-dealkylation sites (tertiary alicyclic amines) is 1. The lowest BCUT2D eigenvalue weighted by Crippen LogP contribution is -2.40. The molecule has 1 amide bonds. The number of nitrogen functional groups attached to an aromatic ring is 1. The van der Waals surface area contributed by atoms with Gasteiger partial charge in [0.25, 0.3) is 5.91 Å². The summed E-state index contributed by atoms with van der Waals surface area (Å²) in [5.74, 6) is -0.0430. The molecule has 1 aliphatic heterocycles. The summed E-state index contributed by atoms with van der Waals surface area (Å²) in [6, 6.07) is 1.63. The van der Waals surface area contributed by atoms with E-state index in [1.807, 2.05) is 0 Å². The van der Waals surface area contributed by atoms with Crippen LogP contribution in [0.3, 0.4) is 0 Å². The standard InChI is InChI=1S/C10H15N3O2/c11-7-5-9(12-6-7)10(15)13-3-1-8(14)2-4-13/h5-6,8,12,14H,1-4,11H2. The number of carbonyl (C=O) groups is 1. The van der Waals surface area contributed by atoms with E-state index in [9.17, 15) is 9.90 Å². The number of H-pyrrole nitrogens is 1. The summed E-state index contributed by atoms with van der Waals surface area (Å²) in [5.41, 5.74) is 6.61. The molecule has 0 aromatic carbocycles. The molecule has 1 aromatic heterocycles. The lowest BCUT2D eigenvalue weighted by molar-refractivity contribution is 0.0542. The molecule has 1 aliphatic rings. The van der Waals surface area contributed by atoms with Crippen molar-refractivity contribution in [3.05, 3.63) is 18.0 Å². The predicted molar refractivity (Wildman–Crippen MR) is 56.3 cm³/mol. The van der Waals surface area contributed by atoms with Gasteiger partial charge in [0.2, 0.25) is 0 Å². The maximum absolute atomic E-state index is 11.9. The van der Waals surface area contributed by atoms with Crippen LogP contribution in [0.4, 0.5) is 5.69 Å². The van der Waals surface area contributed by atoms with Crippen molar-refractivity contribution in [1.82, 2.24) is 9.88 Å². The third-order valence-electron chi connectivity index (χ3n) is 2.69. The molecule has 0 radical (unpaired) electrons. The molecule has 5 nitrogen and oxygen atoms in total. The van der Waals surface area contributed by atoms with Crippen LogP contribution >= 0.6 is 0 Å². The largest absolute Gasteiger partial charge is 0.397 e. The van der Waals surface area contributed by atoms with Crippen LogP contribution in [0, 0.1) is 0 Å². The van der Waals surface area contributed by atoms with E-state index in [-0.39, 0.29) is 12.0 Å². The normalized spacial score (nSPS) is 18.1. The van der Waals surface area contributed by atoms with Crippen molar-refractivity contribution in [3.8, 4) is 0 Å². The number of aromatic nitrogens is 1.